The zero-order valence-electron chi connectivity index (χ0n) is 17.5. The second kappa shape index (κ2) is 8.05. The number of anilines is 2. The molecule has 0 saturated heterocycles. The summed E-state index contributed by atoms with van der Waals surface area (Å²) in [5.41, 5.74) is 3.75. The van der Waals surface area contributed by atoms with Crippen molar-refractivity contribution >= 4 is 27.3 Å². The van der Waals surface area contributed by atoms with Crippen molar-refractivity contribution in [3.8, 4) is 0 Å². The second-order valence-electron chi connectivity index (χ2n) is 7.66. The van der Waals surface area contributed by atoms with Gasteiger partial charge in [-0.2, -0.15) is 0 Å². The van der Waals surface area contributed by atoms with Crippen LogP contribution in [-0.4, -0.2) is 33.4 Å². The first-order valence-corrected chi connectivity index (χ1v) is 11.3. The Morgan fingerprint density at radius 1 is 0.935 bits per heavy atom. The molecule has 3 aromatic carbocycles. The molecule has 4 rings (SSSR count). The summed E-state index contributed by atoms with van der Waals surface area (Å²) in [6.45, 7) is 1.88. The van der Waals surface area contributed by atoms with Crippen molar-refractivity contribution in [2.24, 2.45) is 0 Å². The third-order valence-electron chi connectivity index (χ3n) is 5.20. The van der Waals surface area contributed by atoms with Gasteiger partial charge in [0.2, 0.25) is 0 Å². The number of nitrogens with zero attached hydrogens (tertiary/aromatic N) is 2. The third kappa shape index (κ3) is 4.12. The molecule has 0 bridgehead atoms. The predicted octanol–water partition coefficient (Wildman–Crippen LogP) is 3.52. The van der Waals surface area contributed by atoms with Gasteiger partial charge in [-0.25, -0.2) is 13.4 Å². The number of rotatable bonds is 5. The van der Waals surface area contributed by atoms with Crippen molar-refractivity contribution in [1.82, 2.24) is 9.84 Å². The molecule has 0 aromatic heterocycles. The van der Waals surface area contributed by atoms with E-state index in [1.54, 1.807) is 30.3 Å². The highest BCUT2D eigenvalue weighted by Gasteiger charge is 2.36. The number of sulfonamides is 1. The van der Waals surface area contributed by atoms with Gasteiger partial charge >= 0.3 is 0 Å². The number of hydrazine groups is 1. The molecular formula is C23H24N4O3S. The molecule has 0 spiro atoms. The molecule has 3 aromatic rings. The van der Waals surface area contributed by atoms with Gasteiger partial charge in [-0.3, -0.25) is 4.79 Å². The van der Waals surface area contributed by atoms with Gasteiger partial charge in [-0.1, -0.05) is 42.0 Å². The monoisotopic (exact) mass is 436 g/mol. The molecule has 8 heteroatoms. The summed E-state index contributed by atoms with van der Waals surface area (Å²) < 4.78 is 26.1. The Bertz CT molecular complexity index is 1210. The Balaban J connectivity index is 1.74. The maximum atomic E-state index is 13.3. The first-order valence-electron chi connectivity index (χ1n) is 9.82. The Morgan fingerprint density at radius 2 is 1.58 bits per heavy atom. The van der Waals surface area contributed by atoms with E-state index in [4.69, 9.17) is 0 Å². The molecule has 1 aliphatic rings. The fourth-order valence-electron chi connectivity index (χ4n) is 3.44. The van der Waals surface area contributed by atoms with E-state index in [0.29, 0.717) is 11.3 Å². The van der Waals surface area contributed by atoms with Gasteiger partial charge in [-0.05, 0) is 48.9 Å². The number of hydrogen-bond acceptors (Lipinski definition) is 5. The number of benzene rings is 3. The van der Waals surface area contributed by atoms with Crippen LogP contribution in [0.25, 0.3) is 0 Å². The normalized spacial score (nSPS) is 15.9. The second-order valence-corrected chi connectivity index (χ2v) is 9.32. The van der Waals surface area contributed by atoms with Gasteiger partial charge in [-0.15, -0.1) is 4.83 Å². The summed E-state index contributed by atoms with van der Waals surface area (Å²) in [5, 5.41) is 4.43. The van der Waals surface area contributed by atoms with Crippen LogP contribution in [-0.2, 0) is 10.0 Å². The van der Waals surface area contributed by atoms with E-state index in [1.807, 2.05) is 56.3 Å². The van der Waals surface area contributed by atoms with Gasteiger partial charge in [0.05, 0.1) is 10.5 Å². The molecule has 0 radical (unpaired) electrons. The van der Waals surface area contributed by atoms with Crippen LogP contribution in [0.1, 0.15) is 27.7 Å². The van der Waals surface area contributed by atoms with Gasteiger partial charge < -0.3 is 10.2 Å². The van der Waals surface area contributed by atoms with Crippen LogP contribution in [0.3, 0.4) is 0 Å². The average Bonchev–Trinajstić information content (AvgIpc) is 2.76. The van der Waals surface area contributed by atoms with Crippen LogP contribution in [0.5, 0.6) is 0 Å². The minimum Gasteiger partial charge on any atom is -0.378 e. The summed E-state index contributed by atoms with van der Waals surface area (Å²) in [7, 11) is -0.0875. The summed E-state index contributed by atoms with van der Waals surface area (Å²) in [6, 6.07) is 21.1. The summed E-state index contributed by atoms with van der Waals surface area (Å²) >= 11 is 0. The highest BCUT2D eigenvalue weighted by Crippen LogP contribution is 2.33. The first-order chi connectivity index (χ1) is 14.8. The SMILES string of the molecule is Cc1ccc(S(=O)(=O)NN2C(=O)c3ccccc3N[C@@H]2c2ccc(N(C)C)cc2)cc1. The highest BCUT2D eigenvalue weighted by atomic mass is 32.2. The number of hydrogen-bond donors (Lipinski definition) is 2. The molecule has 0 fully saturated rings. The van der Waals surface area contributed by atoms with Crippen molar-refractivity contribution in [1.29, 1.82) is 0 Å². The van der Waals surface area contributed by atoms with E-state index in [0.717, 1.165) is 21.8 Å². The van der Waals surface area contributed by atoms with E-state index in [1.165, 1.54) is 12.1 Å². The predicted molar refractivity (Wildman–Crippen MR) is 121 cm³/mol. The van der Waals surface area contributed by atoms with Crippen molar-refractivity contribution in [2.75, 3.05) is 24.3 Å². The quantitative estimate of drug-likeness (QED) is 0.640. The number of nitrogens with one attached hydrogen (secondary N) is 2. The maximum Gasteiger partial charge on any atom is 0.273 e. The van der Waals surface area contributed by atoms with Crippen LogP contribution in [0.4, 0.5) is 11.4 Å². The molecule has 1 amide bonds. The van der Waals surface area contributed by atoms with Crippen molar-refractivity contribution < 1.29 is 13.2 Å². The molecule has 2 N–H and O–H groups in total. The number of carbonyl (C=O) groups excluding carboxylic acids is 1. The number of aryl methyl sites for hydroxylation is 1. The van der Waals surface area contributed by atoms with Crippen LogP contribution < -0.4 is 15.0 Å². The number of para-hydroxylation sites is 1. The smallest absolute Gasteiger partial charge is 0.273 e. The third-order valence-corrected chi connectivity index (χ3v) is 6.53. The molecule has 1 aliphatic heterocycles. The van der Waals surface area contributed by atoms with E-state index in [9.17, 15) is 13.2 Å². The molecular weight excluding hydrogens is 412 g/mol. The minimum absolute atomic E-state index is 0.0893. The lowest BCUT2D eigenvalue weighted by molar-refractivity contribution is 0.0633. The molecule has 160 valence electrons. The number of carbonyl (C=O) groups is 1. The topological polar surface area (TPSA) is 81.8 Å². The first kappa shape index (κ1) is 20.9. The standard InChI is InChI=1S/C23H24N4O3S/c1-16-8-14-19(15-9-16)31(29,30)25-27-22(17-10-12-18(13-11-17)26(2)3)24-21-7-5-4-6-20(21)23(27)28/h4-15,22,24-25H,1-3H3/t22-/m0/s1. The largest absolute Gasteiger partial charge is 0.378 e. The lowest BCUT2D eigenvalue weighted by atomic mass is 10.0. The highest BCUT2D eigenvalue weighted by molar-refractivity contribution is 7.89. The van der Waals surface area contributed by atoms with E-state index < -0.39 is 22.1 Å². The fraction of sp³-hybridized carbons (Fsp3) is 0.174. The molecule has 0 unspecified atom stereocenters. The molecule has 1 heterocycles. The zero-order valence-corrected chi connectivity index (χ0v) is 18.3. The van der Waals surface area contributed by atoms with Gasteiger partial charge in [0.25, 0.3) is 15.9 Å². The van der Waals surface area contributed by atoms with Crippen LogP contribution in [0, 0.1) is 6.92 Å². The van der Waals surface area contributed by atoms with E-state index in [-0.39, 0.29) is 4.90 Å². The maximum absolute atomic E-state index is 13.3. The molecule has 0 saturated carbocycles. The average molecular weight is 437 g/mol. The van der Waals surface area contributed by atoms with Crippen LogP contribution in [0.15, 0.2) is 77.7 Å². The van der Waals surface area contributed by atoms with Crippen molar-refractivity contribution in [3.63, 3.8) is 0 Å². The van der Waals surface area contributed by atoms with Gasteiger partial charge in [0, 0.05) is 25.5 Å². The lowest BCUT2D eigenvalue weighted by Gasteiger charge is -2.37. The van der Waals surface area contributed by atoms with Crippen molar-refractivity contribution in [2.45, 2.75) is 18.0 Å². The van der Waals surface area contributed by atoms with Gasteiger partial charge in [0.1, 0.15) is 6.17 Å². The lowest BCUT2D eigenvalue weighted by Crippen LogP contribution is -2.52. The zero-order chi connectivity index (χ0) is 22.2. The summed E-state index contributed by atoms with van der Waals surface area (Å²) in [5.74, 6) is -0.424. The van der Waals surface area contributed by atoms with Crippen molar-refractivity contribution in [3.05, 3.63) is 89.5 Å². The minimum atomic E-state index is -3.97. The van der Waals surface area contributed by atoms with Crippen LogP contribution >= 0.6 is 0 Å². The Labute approximate surface area is 182 Å². The van der Waals surface area contributed by atoms with Crippen LogP contribution in [0.2, 0.25) is 0 Å². The summed E-state index contributed by atoms with van der Waals surface area (Å²) in [4.78, 5) is 17.8. The Morgan fingerprint density at radius 3 is 2.23 bits per heavy atom. The van der Waals surface area contributed by atoms with E-state index >= 15 is 0 Å². The summed E-state index contributed by atoms with van der Waals surface area (Å²) in [6.07, 6.45) is -0.709. The fourth-order valence-corrected chi connectivity index (χ4v) is 4.48. The molecule has 7 nitrogen and oxygen atoms in total. The molecule has 1 atom stereocenters. The number of fused-ring (bicyclic) bond motifs is 1. The Hall–Kier alpha value is -3.36. The Kier molecular flexibility index (Phi) is 5.43. The number of amides is 1. The van der Waals surface area contributed by atoms with E-state index in [2.05, 4.69) is 10.1 Å². The van der Waals surface area contributed by atoms with Gasteiger partial charge in [0.15, 0.2) is 0 Å². The molecule has 31 heavy (non-hydrogen) atoms. The molecule has 0 aliphatic carbocycles.